The van der Waals surface area contributed by atoms with Crippen molar-refractivity contribution in [1.29, 1.82) is 0 Å². The van der Waals surface area contributed by atoms with E-state index in [2.05, 4.69) is 71.9 Å². The van der Waals surface area contributed by atoms with Gasteiger partial charge in [-0.25, -0.2) is 0 Å². The lowest BCUT2D eigenvalue weighted by Crippen LogP contribution is -2.55. The molecule has 0 spiro atoms. The SMILES string of the molecule is CCCCCC(=O)N1CCN(C(=O)CCCCSc2nnc(-c3ccc(C)cc3)n2-c2ccccc2)CC1C. The van der Waals surface area contributed by atoms with E-state index >= 15 is 0 Å². The van der Waals surface area contributed by atoms with Gasteiger partial charge in [0.15, 0.2) is 11.0 Å². The van der Waals surface area contributed by atoms with Crippen molar-refractivity contribution in [1.82, 2.24) is 24.6 Å². The molecule has 2 aromatic carbocycles. The number of unbranched alkanes of at least 4 members (excludes halogenated alkanes) is 3. The fourth-order valence-electron chi connectivity index (χ4n) is 4.99. The molecule has 2 amide bonds. The summed E-state index contributed by atoms with van der Waals surface area (Å²) in [5.74, 6) is 2.12. The molecule has 39 heavy (non-hydrogen) atoms. The summed E-state index contributed by atoms with van der Waals surface area (Å²) < 4.78 is 2.12. The van der Waals surface area contributed by atoms with Crippen molar-refractivity contribution in [3.05, 3.63) is 60.2 Å². The van der Waals surface area contributed by atoms with E-state index in [1.54, 1.807) is 11.8 Å². The van der Waals surface area contributed by atoms with Crippen molar-refractivity contribution >= 4 is 23.6 Å². The second-order valence-corrected chi connectivity index (χ2v) is 11.4. The number of aryl methyl sites for hydroxylation is 1. The van der Waals surface area contributed by atoms with Crippen LogP contribution in [0.2, 0.25) is 0 Å². The first-order valence-corrected chi connectivity index (χ1v) is 15.2. The van der Waals surface area contributed by atoms with E-state index in [1.807, 2.05) is 28.0 Å². The maximum absolute atomic E-state index is 12.9. The van der Waals surface area contributed by atoms with Crippen LogP contribution in [0.1, 0.15) is 64.4 Å². The van der Waals surface area contributed by atoms with Crippen LogP contribution >= 0.6 is 11.8 Å². The van der Waals surface area contributed by atoms with Gasteiger partial charge in [0.1, 0.15) is 0 Å². The molecule has 1 saturated heterocycles. The highest BCUT2D eigenvalue weighted by Gasteiger charge is 2.29. The third-order valence-electron chi connectivity index (χ3n) is 7.27. The number of hydrogen-bond donors (Lipinski definition) is 0. The topological polar surface area (TPSA) is 71.3 Å². The number of benzene rings is 2. The highest BCUT2D eigenvalue weighted by molar-refractivity contribution is 7.99. The van der Waals surface area contributed by atoms with Crippen LogP contribution < -0.4 is 0 Å². The highest BCUT2D eigenvalue weighted by Crippen LogP contribution is 2.29. The predicted molar refractivity (Wildman–Crippen MR) is 158 cm³/mol. The van der Waals surface area contributed by atoms with Crippen LogP contribution in [0, 0.1) is 6.92 Å². The number of carbonyl (C=O) groups excluding carboxylic acids is 2. The molecule has 7 nitrogen and oxygen atoms in total. The van der Waals surface area contributed by atoms with Gasteiger partial charge in [0.2, 0.25) is 11.8 Å². The number of thioether (sulfide) groups is 1. The number of carbonyl (C=O) groups is 2. The van der Waals surface area contributed by atoms with Crippen LogP contribution in [0.25, 0.3) is 17.1 Å². The van der Waals surface area contributed by atoms with Gasteiger partial charge in [-0.15, -0.1) is 10.2 Å². The Balaban J connectivity index is 1.27. The summed E-state index contributed by atoms with van der Waals surface area (Å²) in [6.07, 6.45) is 6.07. The second-order valence-electron chi connectivity index (χ2n) is 10.4. The lowest BCUT2D eigenvalue weighted by molar-refractivity contribution is -0.142. The highest BCUT2D eigenvalue weighted by atomic mass is 32.2. The molecule has 8 heteroatoms. The zero-order valence-corrected chi connectivity index (χ0v) is 24.3. The summed E-state index contributed by atoms with van der Waals surface area (Å²) in [5.41, 5.74) is 3.28. The van der Waals surface area contributed by atoms with Gasteiger partial charge in [0.05, 0.1) is 0 Å². The van der Waals surface area contributed by atoms with E-state index in [1.165, 1.54) is 5.56 Å². The molecule has 3 aromatic rings. The molecule has 0 N–H and O–H groups in total. The maximum Gasteiger partial charge on any atom is 0.222 e. The van der Waals surface area contributed by atoms with Gasteiger partial charge in [-0.2, -0.15) is 0 Å². The van der Waals surface area contributed by atoms with Gasteiger partial charge >= 0.3 is 0 Å². The van der Waals surface area contributed by atoms with E-state index in [0.717, 1.165) is 60.1 Å². The molecule has 1 unspecified atom stereocenters. The van der Waals surface area contributed by atoms with Crippen LogP contribution in [0.4, 0.5) is 0 Å². The van der Waals surface area contributed by atoms with Gasteiger partial charge in [0, 0.05) is 55.5 Å². The van der Waals surface area contributed by atoms with Crippen LogP contribution in [0.15, 0.2) is 59.8 Å². The molecule has 1 fully saturated rings. The minimum absolute atomic E-state index is 0.0828. The predicted octanol–water partition coefficient (Wildman–Crippen LogP) is 6.14. The Hall–Kier alpha value is -3.13. The van der Waals surface area contributed by atoms with Crippen molar-refractivity contribution in [3.63, 3.8) is 0 Å². The molecular formula is C31H41N5O2S. The normalized spacial score (nSPS) is 15.5. The quantitative estimate of drug-likeness (QED) is 0.201. The molecule has 0 aliphatic carbocycles. The Labute approximate surface area is 237 Å². The molecule has 1 aliphatic rings. The largest absolute Gasteiger partial charge is 0.339 e. The lowest BCUT2D eigenvalue weighted by atomic mass is 10.1. The molecule has 4 rings (SSSR count). The molecule has 1 atom stereocenters. The third kappa shape index (κ3) is 7.72. The summed E-state index contributed by atoms with van der Waals surface area (Å²) in [7, 11) is 0. The molecular weight excluding hydrogens is 506 g/mol. The number of nitrogens with zero attached hydrogens (tertiary/aromatic N) is 5. The van der Waals surface area contributed by atoms with Crippen molar-refractivity contribution in [2.24, 2.45) is 0 Å². The number of para-hydroxylation sites is 1. The first-order chi connectivity index (χ1) is 19.0. The first-order valence-electron chi connectivity index (χ1n) is 14.3. The zero-order chi connectivity index (χ0) is 27.6. The smallest absolute Gasteiger partial charge is 0.222 e. The summed E-state index contributed by atoms with van der Waals surface area (Å²) >= 11 is 1.68. The molecule has 2 heterocycles. The maximum atomic E-state index is 12.9. The molecule has 0 radical (unpaired) electrons. The Kier molecular flexibility index (Phi) is 10.6. The summed E-state index contributed by atoms with van der Waals surface area (Å²) in [4.78, 5) is 29.3. The van der Waals surface area contributed by atoms with Gasteiger partial charge in [-0.05, 0) is 45.2 Å². The minimum atomic E-state index is 0.0828. The Morgan fingerprint density at radius 2 is 1.62 bits per heavy atom. The number of aromatic nitrogens is 3. The Morgan fingerprint density at radius 1 is 0.897 bits per heavy atom. The Bertz CT molecular complexity index is 1210. The zero-order valence-electron chi connectivity index (χ0n) is 23.5. The van der Waals surface area contributed by atoms with Crippen LogP contribution in [-0.4, -0.2) is 67.8 Å². The van der Waals surface area contributed by atoms with Gasteiger partial charge in [-0.3, -0.25) is 14.2 Å². The lowest BCUT2D eigenvalue weighted by Gasteiger charge is -2.40. The standard InChI is InChI=1S/C31H41N5O2S/c1-4-5-7-15-29(38)35-21-20-34(23-25(35)3)28(37)14-10-11-22-39-31-33-32-30(26-18-16-24(2)17-19-26)36(31)27-12-8-6-9-13-27/h6,8-9,12-13,16-19,25H,4-5,7,10-11,14-15,20-23H2,1-3H3. The van der Waals surface area contributed by atoms with Crippen LogP contribution in [0.5, 0.6) is 0 Å². The average Bonchev–Trinajstić information content (AvgIpc) is 3.37. The Morgan fingerprint density at radius 3 is 2.33 bits per heavy atom. The molecule has 1 aromatic heterocycles. The summed E-state index contributed by atoms with van der Waals surface area (Å²) in [6.45, 7) is 8.20. The molecule has 208 valence electrons. The van der Waals surface area contributed by atoms with Crippen molar-refractivity contribution in [2.75, 3.05) is 25.4 Å². The van der Waals surface area contributed by atoms with Crippen molar-refractivity contribution in [3.8, 4) is 17.1 Å². The number of piperazine rings is 1. The summed E-state index contributed by atoms with van der Waals surface area (Å²) in [6, 6.07) is 18.6. The van der Waals surface area contributed by atoms with Crippen molar-refractivity contribution < 1.29 is 9.59 Å². The molecule has 0 bridgehead atoms. The van der Waals surface area contributed by atoms with Gasteiger partial charge < -0.3 is 9.80 Å². The number of amides is 2. The van der Waals surface area contributed by atoms with E-state index in [-0.39, 0.29) is 17.9 Å². The van der Waals surface area contributed by atoms with E-state index in [4.69, 9.17) is 0 Å². The average molecular weight is 548 g/mol. The fourth-order valence-corrected chi connectivity index (χ4v) is 5.94. The van der Waals surface area contributed by atoms with Crippen LogP contribution in [-0.2, 0) is 9.59 Å². The van der Waals surface area contributed by atoms with Gasteiger partial charge in [0.25, 0.3) is 0 Å². The van der Waals surface area contributed by atoms with Crippen molar-refractivity contribution in [2.45, 2.75) is 76.9 Å². The first kappa shape index (κ1) is 28.9. The van der Waals surface area contributed by atoms with Crippen LogP contribution in [0.3, 0.4) is 0 Å². The molecule has 1 aliphatic heterocycles. The van der Waals surface area contributed by atoms with E-state index < -0.39 is 0 Å². The minimum Gasteiger partial charge on any atom is -0.339 e. The molecule has 0 saturated carbocycles. The van der Waals surface area contributed by atoms with E-state index in [0.29, 0.717) is 32.5 Å². The number of hydrogen-bond acceptors (Lipinski definition) is 5. The van der Waals surface area contributed by atoms with Gasteiger partial charge in [-0.1, -0.05) is 79.6 Å². The monoisotopic (exact) mass is 547 g/mol. The van der Waals surface area contributed by atoms with E-state index in [9.17, 15) is 9.59 Å². The second kappa shape index (κ2) is 14.3. The fraction of sp³-hybridized carbons (Fsp3) is 0.484. The number of rotatable bonds is 12. The summed E-state index contributed by atoms with van der Waals surface area (Å²) in [5, 5.41) is 9.91. The third-order valence-corrected chi connectivity index (χ3v) is 8.28.